The molecule has 0 fully saturated rings. The van der Waals surface area contributed by atoms with Crippen LogP contribution in [0.2, 0.25) is 0 Å². The topological polar surface area (TPSA) is 79.8 Å². The number of nitrogens with zero attached hydrogens (tertiary/aromatic N) is 3. The van der Waals surface area contributed by atoms with Crippen LogP contribution in [0.5, 0.6) is 0 Å². The number of hydrogen-bond acceptors (Lipinski definition) is 5. The largest absolute Gasteiger partial charge is 0.329 e. The van der Waals surface area contributed by atoms with Gasteiger partial charge in [0.25, 0.3) is 0 Å². The maximum absolute atomic E-state index is 12.0. The molecule has 2 N–H and O–H groups in total. The lowest BCUT2D eigenvalue weighted by Crippen LogP contribution is -2.31. The number of aryl methyl sites for hydroxylation is 1. The van der Waals surface area contributed by atoms with Gasteiger partial charge in [-0.2, -0.15) is 0 Å². The van der Waals surface area contributed by atoms with Gasteiger partial charge in [-0.15, -0.1) is 11.3 Å². The molecule has 0 aliphatic heterocycles. The molecule has 0 saturated carbocycles. The Bertz CT molecular complexity index is 645. The molecule has 0 bridgehead atoms. The van der Waals surface area contributed by atoms with Crippen molar-refractivity contribution in [3.63, 3.8) is 0 Å². The summed E-state index contributed by atoms with van der Waals surface area (Å²) in [6.07, 6.45) is 3.23. The zero-order valence-electron chi connectivity index (χ0n) is 13.5. The normalized spacial score (nSPS) is 12.8. The molecule has 2 aromatic heterocycles. The van der Waals surface area contributed by atoms with Gasteiger partial charge < -0.3 is 10.6 Å². The highest BCUT2D eigenvalue weighted by Crippen LogP contribution is 2.19. The van der Waals surface area contributed by atoms with Gasteiger partial charge in [-0.3, -0.25) is 0 Å². The molecule has 0 saturated heterocycles. The van der Waals surface area contributed by atoms with Gasteiger partial charge in [0.2, 0.25) is 0 Å². The average molecular weight is 319 g/mol. The Morgan fingerprint density at radius 3 is 2.41 bits per heavy atom. The van der Waals surface area contributed by atoms with Crippen molar-refractivity contribution in [2.45, 2.75) is 46.1 Å². The Morgan fingerprint density at radius 1 is 1.27 bits per heavy atom. The minimum absolute atomic E-state index is 0.113. The van der Waals surface area contributed by atoms with E-state index in [2.05, 4.69) is 25.6 Å². The molecule has 7 heteroatoms. The third kappa shape index (κ3) is 4.24. The fraction of sp³-hybridized carbons (Fsp3) is 0.467. The fourth-order valence-corrected chi connectivity index (χ4v) is 2.58. The second kappa shape index (κ2) is 6.39. The van der Waals surface area contributed by atoms with E-state index in [-0.39, 0.29) is 17.5 Å². The number of rotatable bonds is 3. The van der Waals surface area contributed by atoms with Gasteiger partial charge in [0.1, 0.15) is 10.8 Å². The predicted octanol–water partition coefficient (Wildman–Crippen LogP) is 3.42. The lowest BCUT2D eigenvalue weighted by Gasteiger charge is -2.16. The van der Waals surface area contributed by atoms with E-state index in [1.165, 1.54) is 11.3 Å². The second-order valence-corrected chi connectivity index (χ2v) is 7.08. The summed E-state index contributed by atoms with van der Waals surface area (Å²) in [5.41, 5.74) is 1.41. The van der Waals surface area contributed by atoms with Gasteiger partial charge in [-0.1, -0.05) is 20.8 Å². The van der Waals surface area contributed by atoms with Crippen molar-refractivity contribution in [2.24, 2.45) is 0 Å². The summed E-state index contributed by atoms with van der Waals surface area (Å²) < 4.78 is 0. The molecule has 0 aliphatic carbocycles. The number of carbonyl (C=O) groups excluding carboxylic acids is 1. The number of aromatic nitrogens is 3. The lowest BCUT2D eigenvalue weighted by atomic mass is 9.96. The molecule has 2 rings (SSSR count). The molecule has 2 heterocycles. The second-order valence-electron chi connectivity index (χ2n) is 6.19. The van der Waals surface area contributed by atoms with Gasteiger partial charge in [0, 0.05) is 16.5 Å². The molecule has 2 amide bonds. The summed E-state index contributed by atoms with van der Waals surface area (Å²) in [6.45, 7) is 9.96. The third-order valence-electron chi connectivity index (χ3n) is 2.94. The van der Waals surface area contributed by atoms with Crippen molar-refractivity contribution in [3.8, 4) is 0 Å². The van der Waals surface area contributed by atoms with Crippen LogP contribution in [0.4, 0.5) is 10.5 Å². The highest BCUT2D eigenvalue weighted by atomic mass is 32.1. The molecule has 0 unspecified atom stereocenters. The molecular weight excluding hydrogens is 298 g/mol. The van der Waals surface area contributed by atoms with Crippen LogP contribution in [0.15, 0.2) is 17.8 Å². The van der Waals surface area contributed by atoms with Gasteiger partial charge in [-0.05, 0) is 13.8 Å². The molecule has 0 aromatic carbocycles. The third-order valence-corrected chi connectivity index (χ3v) is 4.08. The van der Waals surface area contributed by atoms with Crippen LogP contribution in [0.1, 0.15) is 50.3 Å². The smallest absolute Gasteiger partial charge is 0.319 e. The van der Waals surface area contributed by atoms with Crippen LogP contribution in [0.3, 0.4) is 0 Å². The number of carbonyl (C=O) groups is 1. The van der Waals surface area contributed by atoms with E-state index in [0.29, 0.717) is 5.69 Å². The zero-order chi connectivity index (χ0) is 16.3. The van der Waals surface area contributed by atoms with E-state index in [0.717, 1.165) is 16.5 Å². The molecular formula is C15H21N5OS. The maximum atomic E-state index is 12.0. The van der Waals surface area contributed by atoms with Crippen LogP contribution < -0.4 is 10.6 Å². The number of amides is 2. The highest BCUT2D eigenvalue weighted by molar-refractivity contribution is 7.09. The first kappa shape index (κ1) is 16.4. The van der Waals surface area contributed by atoms with Crippen LogP contribution in [-0.4, -0.2) is 21.0 Å². The van der Waals surface area contributed by atoms with E-state index < -0.39 is 0 Å². The van der Waals surface area contributed by atoms with Gasteiger partial charge in [0.05, 0.1) is 24.1 Å². The number of anilines is 1. The first-order valence-electron chi connectivity index (χ1n) is 7.08. The Kier molecular flexibility index (Phi) is 4.75. The van der Waals surface area contributed by atoms with Gasteiger partial charge >= 0.3 is 6.03 Å². The van der Waals surface area contributed by atoms with Crippen molar-refractivity contribution in [2.75, 3.05) is 5.32 Å². The van der Waals surface area contributed by atoms with Crippen LogP contribution in [0, 0.1) is 6.92 Å². The summed E-state index contributed by atoms with van der Waals surface area (Å²) in [7, 11) is 0. The van der Waals surface area contributed by atoms with E-state index in [1.54, 1.807) is 12.4 Å². The number of urea groups is 1. The quantitative estimate of drug-likeness (QED) is 0.908. The minimum atomic E-state index is -0.299. The van der Waals surface area contributed by atoms with E-state index in [1.807, 2.05) is 40.0 Å². The van der Waals surface area contributed by atoms with Crippen molar-refractivity contribution in [3.05, 3.63) is 34.3 Å². The van der Waals surface area contributed by atoms with Crippen molar-refractivity contribution in [1.82, 2.24) is 20.3 Å². The van der Waals surface area contributed by atoms with Crippen LogP contribution >= 0.6 is 11.3 Å². The van der Waals surface area contributed by atoms with E-state index in [4.69, 9.17) is 0 Å². The first-order chi connectivity index (χ1) is 10.3. The SMILES string of the molecule is Cc1csc([C@@H](C)NC(=O)Nc2cnc(C(C)(C)C)nc2)n1. The van der Waals surface area contributed by atoms with Crippen LogP contribution in [0.25, 0.3) is 0 Å². The number of nitrogens with one attached hydrogen (secondary N) is 2. The monoisotopic (exact) mass is 319 g/mol. The fourth-order valence-electron chi connectivity index (χ4n) is 1.78. The Morgan fingerprint density at radius 2 is 1.91 bits per heavy atom. The average Bonchev–Trinajstić information content (AvgIpc) is 2.85. The summed E-state index contributed by atoms with van der Waals surface area (Å²) >= 11 is 1.53. The molecule has 6 nitrogen and oxygen atoms in total. The molecule has 0 radical (unpaired) electrons. The molecule has 0 spiro atoms. The summed E-state index contributed by atoms with van der Waals surface area (Å²) in [5, 5.41) is 8.42. The highest BCUT2D eigenvalue weighted by Gasteiger charge is 2.17. The van der Waals surface area contributed by atoms with E-state index in [9.17, 15) is 4.79 Å². The standard InChI is InChI=1S/C15H21N5OS/c1-9-8-22-12(18-9)10(2)19-14(21)20-11-6-16-13(17-7-11)15(3,4)5/h6-8,10H,1-5H3,(H2,19,20,21)/t10-/m1/s1. The zero-order valence-corrected chi connectivity index (χ0v) is 14.3. The van der Waals surface area contributed by atoms with E-state index >= 15 is 0 Å². The Hall–Kier alpha value is -2.02. The van der Waals surface area contributed by atoms with Gasteiger partial charge in [0.15, 0.2) is 0 Å². The summed E-state index contributed by atoms with van der Waals surface area (Å²) in [6, 6.07) is -0.444. The lowest BCUT2D eigenvalue weighted by molar-refractivity contribution is 0.249. The van der Waals surface area contributed by atoms with Crippen molar-refractivity contribution >= 4 is 23.1 Å². The van der Waals surface area contributed by atoms with Crippen molar-refractivity contribution < 1.29 is 4.79 Å². The number of hydrogen-bond donors (Lipinski definition) is 2. The summed E-state index contributed by atoms with van der Waals surface area (Å²) in [4.78, 5) is 24.9. The maximum Gasteiger partial charge on any atom is 0.319 e. The van der Waals surface area contributed by atoms with Crippen molar-refractivity contribution in [1.29, 1.82) is 0 Å². The molecule has 118 valence electrons. The van der Waals surface area contributed by atoms with Gasteiger partial charge in [-0.25, -0.2) is 19.7 Å². The minimum Gasteiger partial charge on any atom is -0.329 e. The van der Waals surface area contributed by atoms with Crippen LogP contribution in [-0.2, 0) is 5.41 Å². The molecule has 0 aliphatic rings. The Labute approximate surface area is 134 Å². The molecule has 2 aromatic rings. The molecule has 22 heavy (non-hydrogen) atoms. The summed E-state index contributed by atoms with van der Waals surface area (Å²) in [5.74, 6) is 0.741. The first-order valence-corrected chi connectivity index (χ1v) is 7.96. The number of thiazole rings is 1. The molecule has 1 atom stereocenters. The Balaban J connectivity index is 1.94. The predicted molar refractivity (Wildman–Crippen MR) is 88.2 cm³/mol.